The van der Waals surface area contributed by atoms with E-state index in [4.69, 9.17) is 0 Å². The van der Waals surface area contributed by atoms with Crippen LogP contribution in [0.2, 0.25) is 0 Å². The molecule has 0 aromatic heterocycles. The van der Waals surface area contributed by atoms with Gasteiger partial charge in [0.15, 0.2) is 6.17 Å². The molecule has 2 N–H and O–H groups in total. The van der Waals surface area contributed by atoms with Crippen molar-refractivity contribution in [1.29, 1.82) is 0 Å². The normalized spacial score (nSPS) is 19.0. The molecule has 2 rings (SSSR count). The minimum absolute atomic E-state index is 0.132. The summed E-state index contributed by atoms with van der Waals surface area (Å²) in [7, 11) is -3.71. The first-order chi connectivity index (χ1) is 9.99. The Bertz CT molecular complexity index is 660. The molecule has 1 aromatic rings. The van der Waals surface area contributed by atoms with Crippen LogP contribution in [0.4, 0.5) is 5.69 Å². The van der Waals surface area contributed by atoms with Crippen LogP contribution in [-0.2, 0) is 14.8 Å². The molecule has 1 unspecified atom stereocenters. The van der Waals surface area contributed by atoms with Crippen LogP contribution in [0.1, 0.15) is 0 Å². The smallest absolute Gasteiger partial charge is 0.261 e. The standard InChI is InChI=1S/C14H17N3O3S/c1-3-9-17(10-4-2)14(18)13-15-11-7-5-6-8-12(11)21(19,20)16-13/h3-8,13,15-16H,1-2,9-10H2. The van der Waals surface area contributed by atoms with E-state index in [1.807, 2.05) is 0 Å². The number of fused-ring (bicyclic) bond motifs is 1. The summed E-state index contributed by atoms with van der Waals surface area (Å²) in [5, 5.41) is 2.90. The second kappa shape index (κ2) is 6.11. The highest BCUT2D eigenvalue weighted by Crippen LogP contribution is 2.25. The topological polar surface area (TPSA) is 78.5 Å². The van der Waals surface area contributed by atoms with Crippen molar-refractivity contribution in [3.8, 4) is 0 Å². The second-order valence-electron chi connectivity index (χ2n) is 4.52. The fourth-order valence-electron chi connectivity index (χ4n) is 2.08. The van der Waals surface area contributed by atoms with Crippen LogP contribution in [0, 0.1) is 0 Å². The van der Waals surface area contributed by atoms with Crippen molar-refractivity contribution < 1.29 is 13.2 Å². The molecule has 1 aromatic carbocycles. The molecule has 0 radical (unpaired) electrons. The van der Waals surface area contributed by atoms with Crippen LogP contribution < -0.4 is 10.0 Å². The average molecular weight is 307 g/mol. The first kappa shape index (κ1) is 15.3. The SMILES string of the molecule is C=CCN(CC=C)C(=O)C1Nc2ccccc2S(=O)(=O)N1. The van der Waals surface area contributed by atoms with Crippen LogP contribution >= 0.6 is 0 Å². The van der Waals surface area contributed by atoms with E-state index in [0.29, 0.717) is 18.8 Å². The van der Waals surface area contributed by atoms with Crippen molar-refractivity contribution in [1.82, 2.24) is 9.62 Å². The van der Waals surface area contributed by atoms with Crippen molar-refractivity contribution in [3.05, 3.63) is 49.6 Å². The Morgan fingerprint density at radius 2 is 1.86 bits per heavy atom. The first-order valence-corrected chi connectivity index (χ1v) is 7.86. The van der Waals surface area contributed by atoms with Gasteiger partial charge in [0.2, 0.25) is 10.0 Å². The molecule has 1 aliphatic heterocycles. The highest BCUT2D eigenvalue weighted by molar-refractivity contribution is 7.89. The van der Waals surface area contributed by atoms with Gasteiger partial charge in [-0.05, 0) is 12.1 Å². The highest BCUT2D eigenvalue weighted by atomic mass is 32.2. The third kappa shape index (κ3) is 3.14. The molecule has 0 bridgehead atoms. The van der Waals surface area contributed by atoms with E-state index < -0.39 is 16.2 Å². The van der Waals surface area contributed by atoms with Crippen molar-refractivity contribution in [2.24, 2.45) is 0 Å². The van der Waals surface area contributed by atoms with Crippen LogP contribution in [0.15, 0.2) is 54.5 Å². The first-order valence-electron chi connectivity index (χ1n) is 6.38. The van der Waals surface area contributed by atoms with Gasteiger partial charge < -0.3 is 10.2 Å². The Morgan fingerprint density at radius 3 is 2.48 bits per heavy atom. The molecular formula is C14H17N3O3S. The fraction of sp³-hybridized carbons (Fsp3) is 0.214. The molecule has 0 spiro atoms. The minimum atomic E-state index is -3.71. The summed E-state index contributed by atoms with van der Waals surface area (Å²) in [5.74, 6) is -0.382. The summed E-state index contributed by atoms with van der Waals surface area (Å²) in [6.45, 7) is 7.80. The van der Waals surface area contributed by atoms with Crippen molar-refractivity contribution in [2.45, 2.75) is 11.1 Å². The molecule has 0 fully saturated rings. The number of hydrogen-bond donors (Lipinski definition) is 2. The van der Waals surface area contributed by atoms with E-state index in [1.165, 1.54) is 11.0 Å². The molecule has 6 nitrogen and oxygen atoms in total. The Balaban J connectivity index is 2.29. The lowest BCUT2D eigenvalue weighted by Gasteiger charge is -2.31. The van der Waals surface area contributed by atoms with Crippen molar-refractivity contribution in [3.63, 3.8) is 0 Å². The van der Waals surface area contributed by atoms with Gasteiger partial charge in [-0.25, -0.2) is 8.42 Å². The number of hydrogen-bond acceptors (Lipinski definition) is 4. The van der Waals surface area contributed by atoms with Gasteiger partial charge in [0, 0.05) is 13.1 Å². The van der Waals surface area contributed by atoms with Crippen LogP contribution in [-0.4, -0.2) is 38.5 Å². The number of para-hydroxylation sites is 1. The number of rotatable bonds is 5. The molecule has 112 valence electrons. The van der Waals surface area contributed by atoms with E-state index in [2.05, 4.69) is 23.2 Å². The number of carbonyl (C=O) groups is 1. The van der Waals surface area contributed by atoms with E-state index in [9.17, 15) is 13.2 Å². The Labute approximate surface area is 124 Å². The third-order valence-corrected chi connectivity index (χ3v) is 4.49. The predicted octanol–water partition coefficient (Wildman–Crippen LogP) is 0.917. The molecule has 0 saturated carbocycles. The number of nitrogens with zero attached hydrogens (tertiary/aromatic N) is 1. The summed E-state index contributed by atoms with van der Waals surface area (Å²) < 4.78 is 26.7. The van der Waals surface area contributed by atoms with Crippen LogP contribution in [0.25, 0.3) is 0 Å². The zero-order valence-electron chi connectivity index (χ0n) is 11.5. The predicted molar refractivity (Wildman–Crippen MR) is 81.1 cm³/mol. The highest BCUT2D eigenvalue weighted by Gasteiger charge is 2.34. The van der Waals surface area contributed by atoms with Gasteiger partial charge in [0.05, 0.1) is 5.69 Å². The van der Waals surface area contributed by atoms with Gasteiger partial charge in [-0.1, -0.05) is 24.3 Å². The zero-order valence-corrected chi connectivity index (χ0v) is 12.3. The fourth-order valence-corrected chi connectivity index (χ4v) is 3.36. The van der Waals surface area contributed by atoms with E-state index >= 15 is 0 Å². The van der Waals surface area contributed by atoms with Gasteiger partial charge >= 0.3 is 0 Å². The largest absolute Gasteiger partial charge is 0.360 e. The van der Waals surface area contributed by atoms with Gasteiger partial charge in [-0.15, -0.1) is 13.2 Å². The van der Waals surface area contributed by atoms with Crippen LogP contribution in [0.5, 0.6) is 0 Å². The minimum Gasteiger partial charge on any atom is -0.360 e. The second-order valence-corrected chi connectivity index (χ2v) is 6.20. The van der Waals surface area contributed by atoms with E-state index in [-0.39, 0.29) is 10.8 Å². The summed E-state index contributed by atoms with van der Waals surface area (Å²) in [6.07, 6.45) is 2.11. The molecule has 1 heterocycles. The zero-order chi connectivity index (χ0) is 15.5. The van der Waals surface area contributed by atoms with Gasteiger partial charge in [0.1, 0.15) is 4.90 Å². The van der Waals surface area contributed by atoms with E-state index in [1.54, 1.807) is 30.4 Å². The van der Waals surface area contributed by atoms with Gasteiger partial charge in [0.25, 0.3) is 5.91 Å². The summed E-state index contributed by atoms with van der Waals surface area (Å²) >= 11 is 0. The maximum Gasteiger partial charge on any atom is 0.261 e. The number of sulfonamides is 1. The summed E-state index contributed by atoms with van der Waals surface area (Å²) in [6, 6.07) is 6.44. The molecule has 1 amide bonds. The third-order valence-electron chi connectivity index (χ3n) is 3.01. The van der Waals surface area contributed by atoms with E-state index in [0.717, 1.165) is 0 Å². The molecule has 0 aliphatic carbocycles. The maximum absolute atomic E-state index is 12.4. The maximum atomic E-state index is 12.4. The summed E-state index contributed by atoms with van der Waals surface area (Å²) in [4.78, 5) is 14.0. The number of nitrogens with one attached hydrogen (secondary N) is 2. The number of carbonyl (C=O) groups excluding carboxylic acids is 1. The molecule has 1 aliphatic rings. The van der Waals surface area contributed by atoms with Crippen molar-refractivity contribution in [2.75, 3.05) is 18.4 Å². The molecule has 1 atom stereocenters. The monoisotopic (exact) mass is 307 g/mol. The van der Waals surface area contributed by atoms with Gasteiger partial charge in [-0.3, -0.25) is 4.79 Å². The lowest BCUT2D eigenvalue weighted by Crippen LogP contribution is -2.55. The molecular weight excluding hydrogens is 290 g/mol. The molecule has 0 saturated heterocycles. The summed E-state index contributed by atoms with van der Waals surface area (Å²) in [5.41, 5.74) is 0.409. The van der Waals surface area contributed by atoms with Crippen molar-refractivity contribution >= 4 is 21.6 Å². The number of anilines is 1. The van der Waals surface area contributed by atoms with Crippen LogP contribution in [0.3, 0.4) is 0 Å². The quantitative estimate of drug-likeness (QED) is 0.793. The number of amides is 1. The molecule has 7 heteroatoms. The lowest BCUT2D eigenvalue weighted by atomic mass is 10.3. The Morgan fingerprint density at radius 1 is 1.24 bits per heavy atom. The number of benzene rings is 1. The molecule has 21 heavy (non-hydrogen) atoms. The average Bonchev–Trinajstić information content (AvgIpc) is 2.45. The van der Waals surface area contributed by atoms with Gasteiger partial charge in [-0.2, -0.15) is 4.72 Å². The Hall–Kier alpha value is -2.12. The Kier molecular flexibility index (Phi) is 4.44. The lowest BCUT2D eigenvalue weighted by molar-refractivity contribution is -0.131.